The molecule has 0 saturated carbocycles. The maximum absolute atomic E-state index is 6.09. The van der Waals surface area contributed by atoms with Crippen molar-refractivity contribution < 1.29 is 0 Å². The van der Waals surface area contributed by atoms with Crippen LogP contribution in [-0.2, 0) is 0 Å². The predicted octanol–water partition coefficient (Wildman–Crippen LogP) is 5.08. The smallest absolute Gasteiger partial charge is 0.110 e. The topological polar surface area (TPSA) is 12.9 Å². The summed E-state index contributed by atoms with van der Waals surface area (Å²) in [6.45, 7) is 6.33. The molecule has 0 fully saturated rings. The highest BCUT2D eigenvalue weighted by molar-refractivity contribution is 9.10. The average Bonchev–Trinajstić information content (AvgIpc) is 2.23. The first kappa shape index (κ1) is 11.9. The molecule has 1 nitrogen and oxygen atoms in total. The van der Waals surface area contributed by atoms with Crippen LogP contribution in [0.15, 0.2) is 22.8 Å². The summed E-state index contributed by atoms with van der Waals surface area (Å²) in [6.07, 6.45) is 0. The monoisotopic (exact) mass is 297 g/mol. The molecule has 0 aliphatic heterocycles. The lowest BCUT2D eigenvalue weighted by Gasteiger charge is -2.11. The van der Waals surface area contributed by atoms with E-state index in [2.05, 4.69) is 40.8 Å². The van der Waals surface area contributed by atoms with Crippen molar-refractivity contribution in [1.82, 2.24) is 4.98 Å². The van der Waals surface area contributed by atoms with Gasteiger partial charge in [-0.05, 0) is 52.0 Å². The van der Waals surface area contributed by atoms with Crippen molar-refractivity contribution in [3.63, 3.8) is 0 Å². The maximum atomic E-state index is 6.09. The number of benzene rings is 1. The van der Waals surface area contributed by atoms with Gasteiger partial charge >= 0.3 is 0 Å². The number of rotatable bonds is 1. The highest BCUT2D eigenvalue weighted by Crippen LogP contribution is 2.30. The Labute approximate surface area is 109 Å². The highest BCUT2D eigenvalue weighted by Gasteiger charge is 2.10. The van der Waals surface area contributed by atoms with Crippen LogP contribution < -0.4 is 0 Å². The summed E-state index contributed by atoms with van der Waals surface area (Å²) in [7, 11) is 0. The van der Waals surface area contributed by atoms with E-state index >= 15 is 0 Å². The zero-order valence-corrected chi connectivity index (χ0v) is 11.9. The summed E-state index contributed by atoms with van der Waals surface area (Å²) in [6, 6.07) is 6.13. The van der Waals surface area contributed by atoms with Gasteiger partial charge in [-0.25, -0.2) is 4.98 Å². The van der Waals surface area contributed by atoms with Crippen molar-refractivity contribution in [3.05, 3.63) is 39.0 Å². The molecule has 3 heteroatoms. The van der Waals surface area contributed by atoms with Gasteiger partial charge in [0.1, 0.15) is 4.60 Å². The minimum atomic E-state index is 0.460. The molecule has 0 N–H and O–H groups in total. The standard InChI is InChI=1S/C13H13BrClN/c1-7(2)10-6-9-4-5-11(15)8(3)12(9)16-13(10)14/h4-7H,1-3H3. The highest BCUT2D eigenvalue weighted by atomic mass is 79.9. The van der Waals surface area contributed by atoms with E-state index in [1.165, 1.54) is 5.56 Å². The minimum Gasteiger partial charge on any atom is -0.240 e. The van der Waals surface area contributed by atoms with Crippen LogP contribution in [0.4, 0.5) is 0 Å². The molecular formula is C13H13BrClN. The Bertz CT molecular complexity index is 549. The lowest BCUT2D eigenvalue weighted by molar-refractivity contribution is 0.854. The second kappa shape index (κ2) is 4.34. The molecule has 0 saturated heterocycles. The molecule has 0 aliphatic rings. The molecule has 0 atom stereocenters. The fourth-order valence-electron chi connectivity index (χ4n) is 1.76. The summed E-state index contributed by atoms with van der Waals surface area (Å²) >= 11 is 9.61. The second-order valence-electron chi connectivity index (χ2n) is 4.27. The Morgan fingerprint density at radius 2 is 2.00 bits per heavy atom. The summed E-state index contributed by atoms with van der Waals surface area (Å²) in [5.74, 6) is 0.460. The van der Waals surface area contributed by atoms with Crippen LogP contribution in [0, 0.1) is 6.92 Å². The van der Waals surface area contributed by atoms with E-state index in [9.17, 15) is 0 Å². The third-order valence-corrected chi connectivity index (χ3v) is 3.82. The Morgan fingerprint density at radius 3 is 2.62 bits per heavy atom. The zero-order valence-electron chi connectivity index (χ0n) is 9.51. The molecule has 0 spiro atoms. The van der Waals surface area contributed by atoms with E-state index in [1.54, 1.807) is 0 Å². The number of aryl methyl sites for hydroxylation is 1. The van der Waals surface area contributed by atoms with Gasteiger partial charge in [0.2, 0.25) is 0 Å². The summed E-state index contributed by atoms with van der Waals surface area (Å²) in [5.41, 5.74) is 3.24. The fourth-order valence-corrected chi connectivity index (χ4v) is 2.66. The molecule has 0 bridgehead atoms. The Hall–Kier alpha value is -0.600. The average molecular weight is 299 g/mol. The molecule has 0 unspecified atom stereocenters. The van der Waals surface area contributed by atoms with Crippen LogP contribution in [0.25, 0.3) is 10.9 Å². The molecular weight excluding hydrogens is 286 g/mol. The van der Waals surface area contributed by atoms with Gasteiger partial charge in [0.15, 0.2) is 0 Å². The number of hydrogen-bond donors (Lipinski definition) is 0. The lowest BCUT2D eigenvalue weighted by Crippen LogP contribution is -1.94. The SMILES string of the molecule is Cc1c(Cl)ccc2cc(C(C)C)c(Br)nc12. The van der Waals surface area contributed by atoms with Crippen molar-refractivity contribution in [2.75, 3.05) is 0 Å². The number of halogens is 2. The number of aromatic nitrogens is 1. The van der Waals surface area contributed by atoms with Crippen LogP contribution in [0.1, 0.15) is 30.9 Å². The molecule has 2 aromatic rings. The second-order valence-corrected chi connectivity index (χ2v) is 5.43. The lowest BCUT2D eigenvalue weighted by atomic mass is 10.0. The third-order valence-electron chi connectivity index (χ3n) is 2.78. The van der Waals surface area contributed by atoms with Crippen molar-refractivity contribution in [3.8, 4) is 0 Å². The van der Waals surface area contributed by atoms with E-state index in [0.29, 0.717) is 5.92 Å². The molecule has 1 heterocycles. The summed E-state index contributed by atoms with van der Waals surface area (Å²) < 4.78 is 0.917. The van der Waals surface area contributed by atoms with Crippen molar-refractivity contribution in [2.45, 2.75) is 26.7 Å². The molecule has 1 aromatic carbocycles. The van der Waals surface area contributed by atoms with Gasteiger partial charge in [-0.1, -0.05) is 31.5 Å². The number of fused-ring (bicyclic) bond motifs is 1. The quantitative estimate of drug-likeness (QED) is 0.669. The Morgan fingerprint density at radius 1 is 1.31 bits per heavy atom. The maximum Gasteiger partial charge on any atom is 0.110 e. The van der Waals surface area contributed by atoms with Gasteiger partial charge in [0.05, 0.1) is 5.52 Å². The van der Waals surface area contributed by atoms with Gasteiger partial charge in [0.25, 0.3) is 0 Å². The van der Waals surface area contributed by atoms with Gasteiger partial charge in [-0.15, -0.1) is 0 Å². The number of pyridine rings is 1. The first-order valence-corrected chi connectivity index (χ1v) is 6.43. The molecule has 0 aliphatic carbocycles. The van der Waals surface area contributed by atoms with E-state index < -0.39 is 0 Å². The molecule has 16 heavy (non-hydrogen) atoms. The predicted molar refractivity (Wildman–Crippen MR) is 73.3 cm³/mol. The largest absolute Gasteiger partial charge is 0.240 e. The van der Waals surface area contributed by atoms with Gasteiger partial charge < -0.3 is 0 Å². The first-order valence-electron chi connectivity index (χ1n) is 5.26. The zero-order chi connectivity index (χ0) is 11.9. The van der Waals surface area contributed by atoms with Gasteiger partial charge in [0, 0.05) is 10.4 Å². The van der Waals surface area contributed by atoms with Crippen LogP contribution in [-0.4, -0.2) is 4.98 Å². The van der Waals surface area contributed by atoms with Gasteiger partial charge in [-0.3, -0.25) is 0 Å². The van der Waals surface area contributed by atoms with E-state index in [4.69, 9.17) is 11.6 Å². The van der Waals surface area contributed by atoms with E-state index in [-0.39, 0.29) is 0 Å². The van der Waals surface area contributed by atoms with Crippen molar-refractivity contribution in [2.24, 2.45) is 0 Å². The molecule has 84 valence electrons. The van der Waals surface area contributed by atoms with Crippen LogP contribution >= 0.6 is 27.5 Å². The number of hydrogen-bond acceptors (Lipinski definition) is 1. The normalized spacial score (nSPS) is 11.4. The van der Waals surface area contributed by atoms with E-state index in [0.717, 1.165) is 26.1 Å². The van der Waals surface area contributed by atoms with Crippen LogP contribution in [0.2, 0.25) is 5.02 Å². The fraction of sp³-hybridized carbons (Fsp3) is 0.308. The molecule has 0 amide bonds. The van der Waals surface area contributed by atoms with E-state index in [1.807, 2.05) is 19.1 Å². The summed E-state index contributed by atoms with van der Waals surface area (Å²) in [4.78, 5) is 4.59. The minimum absolute atomic E-state index is 0.460. The van der Waals surface area contributed by atoms with Crippen molar-refractivity contribution >= 4 is 38.4 Å². The summed E-state index contributed by atoms with van der Waals surface area (Å²) in [5, 5.41) is 1.91. The Kier molecular flexibility index (Phi) is 3.22. The van der Waals surface area contributed by atoms with Crippen molar-refractivity contribution in [1.29, 1.82) is 0 Å². The molecule has 1 aromatic heterocycles. The van der Waals surface area contributed by atoms with Gasteiger partial charge in [-0.2, -0.15) is 0 Å². The number of nitrogens with zero attached hydrogens (tertiary/aromatic N) is 1. The Balaban J connectivity index is 2.79. The third kappa shape index (κ3) is 1.96. The first-order chi connectivity index (χ1) is 7.50. The molecule has 0 radical (unpaired) electrons. The molecule has 2 rings (SSSR count). The van der Waals surface area contributed by atoms with Crippen LogP contribution in [0.5, 0.6) is 0 Å². The van der Waals surface area contributed by atoms with Crippen LogP contribution in [0.3, 0.4) is 0 Å².